The number of pyridine rings is 1. The van der Waals surface area contributed by atoms with Gasteiger partial charge in [-0.25, -0.2) is 0 Å². The number of hydrogen-bond acceptors (Lipinski definition) is 3. The largest absolute Gasteiger partial charge is 0.392 e. The molecule has 156 valence electrons. The predicted molar refractivity (Wildman–Crippen MR) is 108 cm³/mol. The van der Waals surface area contributed by atoms with Gasteiger partial charge in [-0.3, -0.25) is 14.9 Å². The smallest absolute Gasteiger partial charge is 0.346 e. The van der Waals surface area contributed by atoms with Crippen LogP contribution in [0.5, 0.6) is 0 Å². The van der Waals surface area contributed by atoms with Crippen molar-refractivity contribution in [2.75, 3.05) is 0 Å². The number of nitrogens with zero attached hydrogens (tertiary/aromatic N) is 2. The molecule has 30 heavy (non-hydrogen) atoms. The molecule has 0 radical (unpaired) electrons. The van der Waals surface area contributed by atoms with Crippen molar-refractivity contribution in [2.45, 2.75) is 38.9 Å². The lowest BCUT2D eigenvalue weighted by molar-refractivity contribution is -0.175. The van der Waals surface area contributed by atoms with Crippen LogP contribution in [-0.2, 0) is 6.54 Å². The Bertz CT molecular complexity index is 1120. The molecule has 8 heteroatoms. The second-order valence-corrected chi connectivity index (χ2v) is 7.55. The molecule has 1 aliphatic rings. The lowest BCUT2D eigenvalue weighted by Gasteiger charge is -2.24. The number of aromatic amines is 1. The lowest BCUT2D eigenvalue weighted by Crippen LogP contribution is -2.24. The number of carbonyl (C=O) groups excluding carboxylic acids is 1. The van der Waals surface area contributed by atoms with E-state index in [1.54, 1.807) is 18.3 Å². The van der Waals surface area contributed by atoms with Gasteiger partial charge in [0, 0.05) is 11.6 Å². The number of alkyl halides is 3. The van der Waals surface area contributed by atoms with Crippen molar-refractivity contribution >= 4 is 22.4 Å². The zero-order valence-electron chi connectivity index (χ0n) is 16.4. The number of carbonyl (C=O) groups is 1. The summed E-state index contributed by atoms with van der Waals surface area (Å²) in [6.45, 7) is 2.21. The molecular weight excluding hydrogens is 393 g/mol. The Morgan fingerprint density at radius 2 is 2.13 bits per heavy atom. The Morgan fingerprint density at radius 3 is 2.80 bits per heavy atom. The highest BCUT2D eigenvalue weighted by atomic mass is 19.4. The van der Waals surface area contributed by atoms with Gasteiger partial charge >= 0.3 is 6.18 Å². The van der Waals surface area contributed by atoms with E-state index in [-0.39, 0.29) is 18.7 Å². The van der Waals surface area contributed by atoms with Crippen LogP contribution in [0.1, 0.15) is 46.4 Å². The molecule has 1 amide bonds. The third-order valence-electron chi connectivity index (χ3n) is 5.57. The molecule has 0 bridgehead atoms. The maximum atomic E-state index is 13.0. The molecule has 2 N–H and O–H groups in total. The Morgan fingerprint density at radius 1 is 1.30 bits per heavy atom. The number of allylic oxidation sites excluding steroid dienone is 2. The zero-order chi connectivity index (χ0) is 21.3. The van der Waals surface area contributed by atoms with Gasteiger partial charge in [-0.15, -0.1) is 0 Å². The summed E-state index contributed by atoms with van der Waals surface area (Å²) in [5.41, 5.74) is 4.58. The van der Waals surface area contributed by atoms with Gasteiger partial charge in [0.1, 0.15) is 0 Å². The second-order valence-electron chi connectivity index (χ2n) is 7.55. The standard InChI is InChI=1S/C22H21F3N4O/c1-13-10-28-29-20(13)12-27-21(30)15-9-18-17(3-2-4-19(18)26-11-15)14-5-7-16(8-6-14)22(23,24)25/h2-5,9-11,16H,6-8,12H2,1H3,(H,27,30)(H,28,29). The SMILES string of the molecule is Cc1cn[nH]c1CNC(=O)c1cnc2cccc(C3=CCC(C(F)(F)F)CC3)c2c1. The molecule has 0 fully saturated rings. The topological polar surface area (TPSA) is 70.7 Å². The van der Waals surface area contributed by atoms with E-state index in [4.69, 9.17) is 0 Å². The van der Waals surface area contributed by atoms with Gasteiger partial charge in [-0.2, -0.15) is 18.3 Å². The predicted octanol–water partition coefficient (Wildman–Crippen LogP) is 4.94. The van der Waals surface area contributed by atoms with Crippen LogP contribution in [-0.4, -0.2) is 27.3 Å². The minimum absolute atomic E-state index is 0.0215. The molecule has 0 spiro atoms. The average Bonchev–Trinajstić information content (AvgIpc) is 3.15. The summed E-state index contributed by atoms with van der Waals surface area (Å²) in [7, 11) is 0. The van der Waals surface area contributed by atoms with E-state index < -0.39 is 12.1 Å². The summed E-state index contributed by atoms with van der Waals surface area (Å²) < 4.78 is 38.9. The van der Waals surface area contributed by atoms with Gasteiger partial charge in [0.05, 0.1) is 35.4 Å². The van der Waals surface area contributed by atoms with E-state index in [2.05, 4.69) is 20.5 Å². The number of aromatic nitrogens is 3. The van der Waals surface area contributed by atoms with Crippen molar-refractivity contribution in [2.24, 2.45) is 5.92 Å². The molecule has 1 atom stereocenters. The first-order valence-electron chi connectivity index (χ1n) is 9.75. The molecule has 1 unspecified atom stereocenters. The monoisotopic (exact) mass is 414 g/mol. The van der Waals surface area contributed by atoms with E-state index in [1.165, 1.54) is 6.20 Å². The summed E-state index contributed by atoms with van der Waals surface area (Å²) in [5.74, 6) is -1.57. The van der Waals surface area contributed by atoms with Gasteiger partial charge in [-0.1, -0.05) is 18.2 Å². The molecule has 2 aromatic heterocycles. The second kappa shape index (κ2) is 7.93. The van der Waals surface area contributed by atoms with Gasteiger partial charge < -0.3 is 5.32 Å². The fourth-order valence-electron chi connectivity index (χ4n) is 3.75. The van der Waals surface area contributed by atoms with Gasteiger partial charge in [0.15, 0.2) is 0 Å². The van der Waals surface area contributed by atoms with E-state index in [0.29, 0.717) is 24.0 Å². The highest BCUT2D eigenvalue weighted by Crippen LogP contribution is 2.40. The fourth-order valence-corrected chi connectivity index (χ4v) is 3.75. The number of benzene rings is 1. The molecule has 5 nitrogen and oxygen atoms in total. The summed E-state index contributed by atoms with van der Waals surface area (Å²) >= 11 is 0. The Labute approximate surface area is 171 Å². The minimum Gasteiger partial charge on any atom is -0.346 e. The van der Waals surface area contributed by atoms with Crippen LogP contribution >= 0.6 is 0 Å². The van der Waals surface area contributed by atoms with Crippen LogP contribution < -0.4 is 5.32 Å². The van der Waals surface area contributed by atoms with Crippen molar-refractivity contribution in [3.8, 4) is 0 Å². The van der Waals surface area contributed by atoms with Crippen molar-refractivity contribution in [3.63, 3.8) is 0 Å². The first-order chi connectivity index (χ1) is 14.3. The number of amides is 1. The lowest BCUT2D eigenvalue weighted by atomic mass is 9.85. The average molecular weight is 414 g/mol. The Kier molecular flexibility index (Phi) is 5.32. The third kappa shape index (κ3) is 4.08. The molecule has 3 aromatic rings. The van der Waals surface area contributed by atoms with Crippen LogP contribution in [0.15, 0.2) is 42.7 Å². The zero-order valence-corrected chi connectivity index (χ0v) is 16.4. The maximum Gasteiger partial charge on any atom is 0.392 e. The van der Waals surface area contributed by atoms with Crippen LogP contribution in [0.25, 0.3) is 16.5 Å². The van der Waals surface area contributed by atoms with Crippen LogP contribution in [0.3, 0.4) is 0 Å². The van der Waals surface area contributed by atoms with Gasteiger partial charge in [0.25, 0.3) is 5.91 Å². The molecule has 2 heterocycles. The van der Waals surface area contributed by atoms with Gasteiger partial charge in [0.2, 0.25) is 0 Å². The Balaban J connectivity index is 1.59. The molecule has 0 aliphatic heterocycles. The molecular formula is C22H21F3N4O. The van der Waals surface area contributed by atoms with Crippen molar-refractivity contribution < 1.29 is 18.0 Å². The van der Waals surface area contributed by atoms with Crippen LogP contribution in [0.4, 0.5) is 13.2 Å². The van der Waals surface area contributed by atoms with E-state index in [1.807, 2.05) is 25.1 Å². The number of aryl methyl sites for hydroxylation is 1. The summed E-state index contributed by atoms with van der Waals surface area (Å²) in [5, 5.41) is 10.4. The van der Waals surface area contributed by atoms with Crippen molar-refractivity contribution in [3.05, 3.63) is 65.1 Å². The number of H-pyrrole nitrogens is 1. The first kappa shape index (κ1) is 20.1. The third-order valence-corrected chi connectivity index (χ3v) is 5.57. The molecule has 0 saturated heterocycles. The molecule has 1 aromatic carbocycles. The van der Waals surface area contributed by atoms with Crippen LogP contribution in [0.2, 0.25) is 0 Å². The summed E-state index contributed by atoms with van der Waals surface area (Å²) in [6.07, 6.45) is 1.10. The normalized spacial score (nSPS) is 17.1. The summed E-state index contributed by atoms with van der Waals surface area (Å²) in [4.78, 5) is 17.0. The highest BCUT2D eigenvalue weighted by Gasteiger charge is 2.39. The molecule has 0 saturated carbocycles. The maximum absolute atomic E-state index is 13.0. The Hall–Kier alpha value is -3.16. The number of nitrogens with one attached hydrogen (secondary N) is 2. The fraction of sp³-hybridized carbons (Fsp3) is 0.318. The number of hydrogen-bond donors (Lipinski definition) is 2. The van der Waals surface area contributed by atoms with E-state index in [9.17, 15) is 18.0 Å². The number of fused-ring (bicyclic) bond motifs is 1. The first-order valence-corrected chi connectivity index (χ1v) is 9.75. The summed E-state index contributed by atoms with van der Waals surface area (Å²) in [6, 6.07) is 7.29. The number of rotatable bonds is 4. The molecule has 4 rings (SSSR count). The van der Waals surface area contributed by atoms with E-state index in [0.717, 1.165) is 27.8 Å². The minimum atomic E-state index is -4.17. The van der Waals surface area contributed by atoms with E-state index >= 15 is 0 Å². The molecule has 1 aliphatic carbocycles. The van der Waals surface area contributed by atoms with Gasteiger partial charge in [-0.05, 0) is 55.0 Å². The van der Waals surface area contributed by atoms with Crippen molar-refractivity contribution in [1.82, 2.24) is 20.5 Å². The number of halogens is 3. The highest BCUT2D eigenvalue weighted by molar-refractivity contribution is 6.00. The van der Waals surface area contributed by atoms with Crippen molar-refractivity contribution in [1.29, 1.82) is 0 Å². The van der Waals surface area contributed by atoms with Crippen LogP contribution in [0, 0.1) is 12.8 Å². The quantitative estimate of drug-likeness (QED) is 0.635.